The van der Waals surface area contributed by atoms with Gasteiger partial charge in [0, 0.05) is 17.9 Å². The first kappa shape index (κ1) is 13.5. The molecule has 0 bridgehead atoms. The number of nitrogens with two attached hydrogens (primary N) is 1. The monoisotopic (exact) mass is 297 g/mol. The van der Waals surface area contributed by atoms with Crippen LogP contribution in [-0.2, 0) is 6.54 Å². The number of benzene rings is 1. The fourth-order valence-electron chi connectivity index (χ4n) is 2.51. The lowest BCUT2D eigenvalue weighted by Gasteiger charge is -2.14. The maximum Gasteiger partial charge on any atom is 0.270 e. The molecule has 2 N–H and O–H groups in total. The van der Waals surface area contributed by atoms with E-state index in [1.165, 1.54) is 16.3 Å². The van der Waals surface area contributed by atoms with E-state index in [1.807, 2.05) is 12.1 Å². The van der Waals surface area contributed by atoms with E-state index < -0.39 is 5.91 Å². The van der Waals surface area contributed by atoms with Crippen LogP contribution in [0.4, 0.5) is 0 Å². The normalized spacial score (nSPS) is 12.7. The van der Waals surface area contributed by atoms with Gasteiger partial charge < -0.3 is 10.3 Å². The van der Waals surface area contributed by atoms with Gasteiger partial charge >= 0.3 is 0 Å². The summed E-state index contributed by atoms with van der Waals surface area (Å²) in [6.07, 6.45) is 0. The third kappa shape index (κ3) is 2.03. The van der Waals surface area contributed by atoms with Gasteiger partial charge in [0.2, 0.25) is 0 Å². The molecule has 5 nitrogen and oxygen atoms in total. The number of hydrogen-bond donors (Lipinski definition) is 1. The van der Waals surface area contributed by atoms with Crippen molar-refractivity contribution in [2.45, 2.75) is 11.6 Å². The average Bonchev–Trinajstić information content (AvgIpc) is 2.97. The molecule has 0 unspecified atom stereocenters. The van der Waals surface area contributed by atoms with Gasteiger partial charge in [-0.3, -0.25) is 9.59 Å². The lowest BCUT2D eigenvalue weighted by molar-refractivity contribution is 0.0996. The molecule has 0 saturated carbocycles. The summed E-state index contributed by atoms with van der Waals surface area (Å²) in [4.78, 5) is 24.4. The van der Waals surface area contributed by atoms with Crippen LogP contribution in [0.15, 0.2) is 40.2 Å². The molecular weight excluding hydrogens is 286 g/mol. The summed E-state index contributed by atoms with van der Waals surface area (Å²) in [5.41, 5.74) is 6.39. The van der Waals surface area contributed by atoms with Crippen LogP contribution in [0.5, 0.6) is 0 Å². The van der Waals surface area contributed by atoms with Gasteiger partial charge in [0.25, 0.3) is 11.5 Å². The van der Waals surface area contributed by atoms with E-state index in [9.17, 15) is 14.9 Å². The number of carbonyl (C=O) groups excluding carboxylic acids is 1. The van der Waals surface area contributed by atoms with Crippen molar-refractivity contribution in [3.05, 3.63) is 51.8 Å². The second kappa shape index (κ2) is 5.11. The number of nitriles is 1. The van der Waals surface area contributed by atoms with E-state index in [1.54, 1.807) is 24.3 Å². The topological polar surface area (TPSA) is 88.9 Å². The number of amides is 1. The van der Waals surface area contributed by atoms with E-state index in [2.05, 4.69) is 0 Å². The quantitative estimate of drug-likeness (QED) is 0.911. The van der Waals surface area contributed by atoms with Gasteiger partial charge in [-0.2, -0.15) is 5.26 Å². The SMILES string of the molecule is N#Cc1c(-c2ccccc2)c(C(N)=O)c2n(c1=O)CCS2. The average molecular weight is 297 g/mol. The summed E-state index contributed by atoms with van der Waals surface area (Å²) >= 11 is 1.42. The van der Waals surface area contributed by atoms with Crippen molar-refractivity contribution in [1.82, 2.24) is 4.57 Å². The van der Waals surface area contributed by atoms with Crippen LogP contribution in [0, 0.1) is 11.3 Å². The first-order valence-corrected chi connectivity index (χ1v) is 7.32. The zero-order valence-electron chi connectivity index (χ0n) is 11.0. The molecule has 1 amide bonds. The Morgan fingerprint density at radius 1 is 1.33 bits per heavy atom. The highest BCUT2D eigenvalue weighted by Gasteiger charge is 2.28. The van der Waals surface area contributed by atoms with Crippen LogP contribution in [-0.4, -0.2) is 16.2 Å². The third-order valence-electron chi connectivity index (χ3n) is 3.39. The second-order valence-corrected chi connectivity index (χ2v) is 5.66. The number of carbonyl (C=O) groups is 1. The molecule has 0 atom stereocenters. The molecule has 0 aliphatic carbocycles. The number of fused-ring (bicyclic) bond motifs is 1. The van der Waals surface area contributed by atoms with Gasteiger partial charge in [0.15, 0.2) is 0 Å². The lowest BCUT2D eigenvalue weighted by Crippen LogP contribution is -2.27. The number of nitrogens with zero attached hydrogens (tertiary/aromatic N) is 2. The minimum atomic E-state index is -0.622. The van der Waals surface area contributed by atoms with Crippen molar-refractivity contribution in [2.75, 3.05) is 5.75 Å². The summed E-state index contributed by atoms with van der Waals surface area (Å²) in [6, 6.07) is 10.9. The number of rotatable bonds is 2. The van der Waals surface area contributed by atoms with Crippen LogP contribution < -0.4 is 11.3 Å². The Hall–Kier alpha value is -2.52. The van der Waals surface area contributed by atoms with E-state index >= 15 is 0 Å². The molecule has 1 aromatic carbocycles. The van der Waals surface area contributed by atoms with Gasteiger partial charge in [-0.15, -0.1) is 11.8 Å². The molecule has 21 heavy (non-hydrogen) atoms. The van der Waals surface area contributed by atoms with Crippen molar-refractivity contribution in [2.24, 2.45) is 5.73 Å². The van der Waals surface area contributed by atoms with E-state index in [-0.39, 0.29) is 16.7 Å². The molecule has 2 aromatic rings. The summed E-state index contributed by atoms with van der Waals surface area (Å²) in [5, 5.41) is 9.94. The molecule has 0 fully saturated rings. The van der Waals surface area contributed by atoms with E-state index in [0.717, 1.165) is 0 Å². The molecule has 2 heterocycles. The Kier molecular flexibility index (Phi) is 3.28. The van der Waals surface area contributed by atoms with Gasteiger partial charge in [-0.1, -0.05) is 30.3 Å². The molecule has 6 heteroatoms. The minimum absolute atomic E-state index is 0.0266. The number of primary amides is 1. The molecule has 0 radical (unpaired) electrons. The number of thioether (sulfide) groups is 1. The molecule has 1 aliphatic rings. The van der Waals surface area contributed by atoms with Gasteiger partial charge in [0.1, 0.15) is 11.6 Å². The maximum atomic E-state index is 12.4. The number of pyridine rings is 1. The summed E-state index contributed by atoms with van der Waals surface area (Å²) < 4.78 is 1.47. The predicted molar refractivity (Wildman–Crippen MR) is 80.1 cm³/mol. The van der Waals surface area contributed by atoms with E-state index in [0.29, 0.717) is 28.5 Å². The number of aromatic nitrogens is 1. The standard InChI is InChI=1S/C15H11N3O2S/c16-8-10-11(9-4-2-1-3-5-9)12(13(17)19)15-18(14(10)20)6-7-21-15/h1-5H,6-7H2,(H2,17,19). The second-order valence-electron chi connectivity index (χ2n) is 4.58. The first-order valence-electron chi connectivity index (χ1n) is 6.34. The van der Waals surface area contributed by atoms with Crippen LogP contribution in [0.3, 0.4) is 0 Å². The van der Waals surface area contributed by atoms with Crippen molar-refractivity contribution in [3.63, 3.8) is 0 Å². The summed E-state index contributed by atoms with van der Waals surface area (Å²) in [5.74, 6) is 0.0713. The molecule has 1 aromatic heterocycles. The van der Waals surface area contributed by atoms with Crippen LogP contribution in [0.25, 0.3) is 11.1 Å². The fourth-order valence-corrected chi connectivity index (χ4v) is 3.66. The molecule has 0 spiro atoms. The fraction of sp³-hybridized carbons (Fsp3) is 0.133. The molecule has 3 rings (SSSR count). The smallest absolute Gasteiger partial charge is 0.270 e. The third-order valence-corrected chi connectivity index (χ3v) is 4.48. The Balaban J connectivity index is 2.48. The Labute approximate surface area is 125 Å². The Bertz CT molecular complexity index is 835. The molecule has 104 valence electrons. The largest absolute Gasteiger partial charge is 0.365 e. The predicted octanol–water partition coefficient (Wildman–Crippen LogP) is 1.59. The van der Waals surface area contributed by atoms with Crippen molar-refractivity contribution >= 4 is 17.7 Å². The highest BCUT2D eigenvalue weighted by Crippen LogP contribution is 2.35. The lowest BCUT2D eigenvalue weighted by atomic mass is 9.96. The van der Waals surface area contributed by atoms with Crippen molar-refractivity contribution < 1.29 is 4.79 Å². The Morgan fingerprint density at radius 2 is 2.05 bits per heavy atom. The highest BCUT2D eigenvalue weighted by atomic mass is 32.2. The molecule has 1 aliphatic heterocycles. The Morgan fingerprint density at radius 3 is 2.67 bits per heavy atom. The zero-order chi connectivity index (χ0) is 15.0. The molecular formula is C15H11N3O2S. The van der Waals surface area contributed by atoms with Gasteiger partial charge in [-0.05, 0) is 5.56 Å². The van der Waals surface area contributed by atoms with Crippen LogP contribution in [0.1, 0.15) is 15.9 Å². The first-order chi connectivity index (χ1) is 10.1. The number of hydrogen-bond acceptors (Lipinski definition) is 4. The van der Waals surface area contributed by atoms with Gasteiger partial charge in [0.05, 0.1) is 10.6 Å². The van der Waals surface area contributed by atoms with Crippen molar-refractivity contribution in [3.8, 4) is 17.2 Å². The summed E-state index contributed by atoms with van der Waals surface area (Å²) in [7, 11) is 0. The minimum Gasteiger partial charge on any atom is -0.365 e. The molecule has 0 saturated heterocycles. The maximum absolute atomic E-state index is 12.4. The van der Waals surface area contributed by atoms with Crippen LogP contribution >= 0.6 is 11.8 Å². The zero-order valence-corrected chi connectivity index (χ0v) is 11.8. The van der Waals surface area contributed by atoms with Gasteiger partial charge in [-0.25, -0.2) is 0 Å². The summed E-state index contributed by atoms with van der Waals surface area (Å²) in [6.45, 7) is 0.489. The van der Waals surface area contributed by atoms with Crippen LogP contribution in [0.2, 0.25) is 0 Å². The van der Waals surface area contributed by atoms with E-state index in [4.69, 9.17) is 5.73 Å². The highest BCUT2D eigenvalue weighted by molar-refractivity contribution is 7.99. The van der Waals surface area contributed by atoms with Crippen molar-refractivity contribution in [1.29, 1.82) is 5.26 Å².